The number of sulfonamides is 1. The first-order chi connectivity index (χ1) is 18.0. The highest BCUT2D eigenvalue weighted by Gasteiger charge is 2.33. The Hall–Kier alpha value is -3.07. The molecule has 0 aliphatic carbocycles. The summed E-state index contributed by atoms with van der Waals surface area (Å²) in [5.74, 6) is -0.894. The number of aryl methyl sites for hydroxylation is 1. The normalized spacial score (nSPS) is 12.0. The lowest BCUT2D eigenvalue weighted by Crippen LogP contribution is -2.51. The summed E-state index contributed by atoms with van der Waals surface area (Å²) < 4.78 is 28.6. The van der Waals surface area contributed by atoms with Crippen LogP contribution in [0.1, 0.15) is 31.4 Å². The van der Waals surface area contributed by atoms with Crippen molar-refractivity contribution in [1.82, 2.24) is 10.2 Å². The van der Waals surface area contributed by atoms with E-state index in [9.17, 15) is 18.0 Å². The molecule has 1 N–H and O–H groups in total. The van der Waals surface area contributed by atoms with E-state index < -0.39 is 28.5 Å². The van der Waals surface area contributed by atoms with E-state index in [1.807, 2.05) is 13.8 Å². The summed E-state index contributed by atoms with van der Waals surface area (Å²) in [6.45, 7) is 5.38. The minimum absolute atomic E-state index is 0.0220. The number of hydrogen-bond acceptors (Lipinski definition) is 4. The van der Waals surface area contributed by atoms with Crippen LogP contribution in [0.5, 0.6) is 0 Å². The first-order valence-corrected chi connectivity index (χ1v) is 14.4. The van der Waals surface area contributed by atoms with Crippen molar-refractivity contribution in [3.8, 4) is 0 Å². The average Bonchev–Trinajstić information content (AvgIpc) is 2.90. The lowest BCUT2D eigenvalue weighted by molar-refractivity contribution is -0.139. The van der Waals surface area contributed by atoms with Crippen LogP contribution in [0, 0.1) is 6.92 Å². The van der Waals surface area contributed by atoms with Crippen LogP contribution in [-0.4, -0.2) is 44.3 Å². The third-order valence-electron chi connectivity index (χ3n) is 5.99. The zero-order valence-electron chi connectivity index (χ0n) is 21.5. The van der Waals surface area contributed by atoms with Crippen molar-refractivity contribution < 1.29 is 18.0 Å². The number of halogens is 2. The van der Waals surface area contributed by atoms with Gasteiger partial charge in [-0.05, 0) is 62.2 Å². The molecule has 0 saturated carbocycles. The Morgan fingerprint density at radius 3 is 2.18 bits per heavy atom. The zero-order valence-corrected chi connectivity index (χ0v) is 23.9. The van der Waals surface area contributed by atoms with Gasteiger partial charge in [0.25, 0.3) is 10.0 Å². The number of nitrogens with zero attached hydrogens (tertiary/aromatic N) is 2. The van der Waals surface area contributed by atoms with Crippen molar-refractivity contribution in [3.05, 3.63) is 94.0 Å². The number of rotatable bonds is 11. The number of benzene rings is 3. The molecule has 0 aromatic heterocycles. The lowest BCUT2D eigenvalue weighted by Gasteiger charge is -2.32. The molecule has 0 radical (unpaired) electrons. The maximum atomic E-state index is 13.8. The molecule has 0 saturated heterocycles. The molecule has 7 nitrogen and oxygen atoms in total. The Kier molecular flexibility index (Phi) is 10.2. The molecule has 1 atom stereocenters. The minimum Gasteiger partial charge on any atom is -0.354 e. The number of amides is 2. The average molecular weight is 577 g/mol. The van der Waals surface area contributed by atoms with Crippen molar-refractivity contribution in [3.63, 3.8) is 0 Å². The van der Waals surface area contributed by atoms with Gasteiger partial charge >= 0.3 is 0 Å². The van der Waals surface area contributed by atoms with Crippen LogP contribution in [-0.2, 0) is 26.2 Å². The van der Waals surface area contributed by atoms with E-state index in [2.05, 4.69) is 5.32 Å². The van der Waals surface area contributed by atoms with Gasteiger partial charge in [-0.2, -0.15) is 0 Å². The summed E-state index contributed by atoms with van der Waals surface area (Å²) >= 11 is 12.4. The first kappa shape index (κ1) is 29.5. The van der Waals surface area contributed by atoms with Gasteiger partial charge in [0.2, 0.25) is 11.8 Å². The highest BCUT2D eigenvalue weighted by molar-refractivity contribution is 7.92. The van der Waals surface area contributed by atoms with Gasteiger partial charge in [0.1, 0.15) is 12.6 Å². The summed E-state index contributed by atoms with van der Waals surface area (Å²) in [4.78, 5) is 28.1. The molecule has 38 heavy (non-hydrogen) atoms. The third kappa shape index (κ3) is 7.28. The summed E-state index contributed by atoms with van der Waals surface area (Å²) in [5.41, 5.74) is 1.80. The van der Waals surface area contributed by atoms with Crippen LogP contribution >= 0.6 is 23.2 Å². The second-order valence-electron chi connectivity index (χ2n) is 8.89. The molecule has 3 aromatic carbocycles. The molecule has 0 aliphatic heterocycles. The van der Waals surface area contributed by atoms with Crippen LogP contribution in [0.25, 0.3) is 0 Å². The van der Waals surface area contributed by atoms with Crippen LogP contribution in [0.4, 0.5) is 5.69 Å². The van der Waals surface area contributed by atoms with Crippen LogP contribution in [0.3, 0.4) is 0 Å². The van der Waals surface area contributed by atoms with E-state index >= 15 is 0 Å². The maximum Gasteiger partial charge on any atom is 0.264 e. The van der Waals surface area contributed by atoms with Gasteiger partial charge in [-0.15, -0.1) is 0 Å². The molecule has 0 unspecified atom stereocenters. The molecule has 10 heteroatoms. The predicted octanol–water partition coefficient (Wildman–Crippen LogP) is 5.44. The van der Waals surface area contributed by atoms with Gasteiger partial charge in [0.05, 0.1) is 15.6 Å². The van der Waals surface area contributed by atoms with Crippen LogP contribution in [0.15, 0.2) is 77.7 Å². The van der Waals surface area contributed by atoms with E-state index in [1.54, 1.807) is 67.6 Å². The van der Waals surface area contributed by atoms with Crippen molar-refractivity contribution >= 4 is 50.7 Å². The summed E-state index contributed by atoms with van der Waals surface area (Å²) in [7, 11) is -4.18. The van der Waals surface area contributed by atoms with Crippen molar-refractivity contribution in [2.75, 3.05) is 17.4 Å². The second-order valence-corrected chi connectivity index (χ2v) is 11.6. The monoisotopic (exact) mass is 575 g/mol. The van der Waals surface area contributed by atoms with Crippen molar-refractivity contribution in [2.24, 2.45) is 0 Å². The third-order valence-corrected chi connectivity index (χ3v) is 8.34. The van der Waals surface area contributed by atoms with Gasteiger partial charge in [-0.25, -0.2) is 8.42 Å². The fourth-order valence-electron chi connectivity index (χ4n) is 3.77. The minimum atomic E-state index is -4.18. The largest absolute Gasteiger partial charge is 0.354 e. The zero-order chi connectivity index (χ0) is 27.9. The molecular weight excluding hydrogens is 545 g/mol. The smallest absolute Gasteiger partial charge is 0.264 e. The molecule has 0 spiro atoms. The van der Waals surface area contributed by atoms with Gasteiger partial charge in [0.15, 0.2) is 0 Å². The highest BCUT2D eigenvalue weighted by atomic mass is 35.5. The number of anilines is 1. The van der Waals surface area contributed by atoms with E-state index in [0.717, 1.165) is 21.9 Å². The predicted molar refractivity (Wildman–Crippen MR) is 152 cm³/mol. The molecular formula is C28H31Cl2N3O4S. The van der Waals surface area contributed by atoms with Gasteiger partial charge in [0, 0.05) is 18.1 Å². The SMILES string of the molecule is CCCNC(=O)[C@H](C)N(Cc1ccc(Cl)cc1)C(=O)CN(c1ccccc1Cl)S(=O)(=O)c1ccc(C)cc1. The van der Waals surface area contributed by atoms with Gasteiger partial charge in [-0.3, -0.25) is 13.9 Å². The fraction of sp³-hybridized carbons (Fsp3) is 0.286. The first-order valence-electron chi connectivity index (χ1n) is 12.2. The van der Waals surface area contributed by atoms with E-state index in [0.29, 0.717) is 11.6 Å². The lowest BCUT2D eigenvalue weighted by atomic mass is 10.1. The molecule has 0 aliphatic rings. The Morgan fingerprint density at radius 1 is 0.947 bits per heavy atom. The molecule has 0 fully saturated rings. The summed E-state index contributed by atoms with van der Waals surface area (Å²) in [6, 6.07) is 18.8. The number of para-hydroxylation sites is 1. The van der Waals surface area contributed by atoms with Gasteiger partial charge < -0.3 is 10.2 Å². The Labute approximate surface area is 234 Å². The number of carbonyl (C=O) groups is 2. The van der Waals surface area contributed by atoms with E-state index in [-0.39, 0.29) is 28.1 Å². The molecule has 3 aromatic rings. The summed E-state index contributed by atoms with van der Waals surface area (Å²) in [6.07, 6.45) is 0.735. The van der Waals surface area contributed by atoms with E-state index in [1.165, 1.54) is 17.0 Å². The maximum absolute atomic E-state index is 13.8. The highest BCUT2D eigenvalue weighted by Crippen LogP contribution is 2.31. The molecule has 3 rings (SSSR count). The molecule has 0 bridgehead atoms. The van der Waals surface area contributed by atoms with Crippen LogP contribution in [0.2, 0.25) is 10.0 Å². The number of nitrogens with one attached hydrogen (secondary N) is 1. The van der Waals surface area contributed by atoms with Gasteiger partial charge in [-0.1, -0.05) is 72.1 Å². The Morgan fingerprint density at radius 2 is 1.58 bits per heavy atom. The molecule has 0 heterocycles. The molecule has 202 valence electrons. The number of carbonyl (C=O) groups excluding carboxylic acids is 2. The quantitative estimate of drug-likeness (QED) is 0.330. The van der Waals surface area contributed by atoms with E-state index in [4.69, 9.17) is 23.2 Å². The summed E-state index contributed by atoms with van der Waals surface area (Å²) in [5, 5.41) is 3.52. The van der Waals surface area contributed by atoms with Crippen molar-refractivity contribution in [1.29, 1.82) is 0 Å². The topological polar surface area (TPSA) is 86.8 Å². The van der Waals surface area contributed by atoms with Crippen molar-refractivity contribution in [2.45, 2.75) is 44.7 Å². The van der Waals surface area contributed by atoms with Crippen LogP contribution < -0.4 is 9.62 Å². The fourth-order valence-corrected chi connectivity index (χ4v) is 5.62. The standard InChI is InChI=1S/C28H31Cl2N3O4S/c1-4-17-31-28(35)21(3)32(18-22-11-13-23(29)14-12-22)27(34)19-33(26-8-6-5-7-25(26)30)38(36,37)24-15-9-20(2)10-16-24/h5-16,21H,4,17-19H2,1-3H3,(H,31,35)/t21-/m0/s1. The Bertz CT molecular complexity index is 1360. The Balaban J connectivity index is 2.02. The second kappa shape index (κ2) is 13.1. The number of hydrogen-bond donors (Lipinski definition) is 1. The molecule has 2 amide bonds.